The minimum atomic E-state index is -0.735. The Balaban J connectivity index is 1.99. The van der Waals surface area contributed by atoms with E-state index in [4.69, 9.17) is 0 Å². The van der Waals surface area contributed by atoms with Crippen molar-refractivity contribution in [2.24, 2.45) is 0 Å². The van der Waals surface area contributed by atoms with Gasteiger partial charge in [0.25, 0.3) is 0 Å². The molecular weight excluding hydrogens is 316 g/mol. The molecule has 0 nitrogen and oxygen atoms in total. The van der Waals surface area contributed by atoms with Gasteiger partial charge in [-0.25, -0.2) is 0 Å². The molecule has 3 atom stereocenters. The molecule has 127 valence electrons. The second kappa shape index (κ2) is 8.31. The Kier molecular flexibility index (Phi) is 5.88. The third-order valence-electron chi connectivity index (χ3n) is 5.40. The second-order valence-electron chi connectivity index (χ2n) is 6.90. The number of benzene rings is 3. The Morgan fingerprint density at radius 2 is 0.680 bits per heavy atom. The molecule has 25 heavy (non-hydrogen) atoms. The van der Waals surface area contributed by atoms with E-state index in [0.29, 0.717) is 16.6 Å². The molecule has 0 fully saturated rings. The molecule has 0 aliphatic heterocycles. The van der Waals surface area contributed by atoms with E-state index >= 15 is 0 Å². The molecule has 0 aliphatic rings. The van der Waals surface area contributed by atoms with Gasteiger partial charge in [0.15, 0.2) is 0 Å². The molecule has 1 heteroatoms. The summed E-state index contributed by atoms with van der Waals surface area (Å²) in [6, 6.07) is 33.2. The van der Waals surface area contributed by atoms with E-state index in [9.17, 15) is 0 Å². The number of hydrogen-bond acceptors (Lipinski definition) is 0. The van der Waals surface area contributed by atoms with Gasteiger partial charge in [0, 0.05) is 0 Å². The molecule has 0 aromatic heterocycles. The summed E-state index contributed by atoms with van der Waals surface area (Å²) < 4.78 is 0. The molecule has 3 rings (SSSR count). The fraction of sp³-hybridized carbons (Fsp3) is 0.250. The first-order chi connectivity index (χ1) is 12.2. The van der Waals surface area contributed by atoms with Crippen LogP contribution in [0.2, 0.25) is 0 Å². The van der Waals surface area contributed by atoms with Gasteiger partial charge in [-0.15, -0.1) is 0 Å². The molecule has 0 saturated carbocycles. The summed E-state index contributed by atoms with van der Waals surface area (Å²) >= 11 is 0. The predicted octanol–water partition coefficient (Wildman–Crippen LogP) is 6.51. The van der Waals surface area contributed by atoms with Gasteiger partial charge < -0.3 is 0 Å². The van der Waals surface area contributed by atoms with E-state index in [-0.39, 0.29) is 0 Å². The van der Waals surface area contributed by atoms with Crippen LogP contribution in [0.5, 0.6) is 0 Å². The van der Waals surface area contributed by atoms with Crippen molar-refractivity contribution in [1.82, 2.24) is 0 Å². The fourth-order valence-corrected chi connectivity index (χ4v) is 7.91. The maximum atomic E-state index is 2.43. The highest BCUT2D eigenvalue weighted by Gasteiger charge is 2.33. The molecule has 0 aliphatic carbocycles. The lowest BCUT2D eigenvalue weighted by Gasteiger charge is -2.34. The van der Waals surface area contributed by atoms with Gasteiger partial charge in [-0.05, 0) is 33.3 Å². The van der Waals surface area contributed by atoms with Crippen molar-refractivity contribution in [3.63, 3.8) is 0 Å². The zero-order chi connectivity index (χ0) is 17.6. The van der Waals surface area contributed by atoms with Crippen LogP contribution >= 0.6 is 0 Å². The summed E-state index contributed by atoms with van der Waals surface area (Å²) in [5, 5.41) is 0. The van der Waals surface area contributed by atoms with E-state index in [0.717, 1.165) is 0 Å². The van der Waals surface area contributed by atoms with Gasteiger partial charge in [-0.3, -0.25) is 0 Å². The maximum Gasteiger partial charge on any atom is 0.0709 e. The van der Waals surface area contributed by atoms with Crippen LogP contribution in [0.3, 0.4) is 0 Å². The lowest BCUT2D eigenvalue weighted by molar-refractivity contribution is 0.865. The van der Waals surface area contributed by atoms with Crippen LogP contribution in [0.4, 0.5) is 0 Å². The quantitative estimate of drug-likeness (QED) is 0.447. The molecule has 0 bridgehead atoms. The highest BCUT2D eigenvalue weighted by molar-refractivity contribution is 6.63. The molecule has 0 amide bonds. The van der Waals surface area contributed by atoms with Crippen molar-refractivity contribution in [3.8, 4) is 0 Å². The summed E-state index contributed by atoms with van der Waals surface area (Å²) in [4.78, 5) is 0. The lowest BCUT2D eigenvalue weighted by atomic mass is 10.1. The largest absolute Gasteiger partial charge is 0.0709 e. The molecule has 3 aromatic carbocycles. The van der Waals surface area contributed by atoms with Gasteiger partial charge in [0.1, 0.15) is 0 Å². The third kappa shape index (κ3) is 4.11. The Bertz CT molecular complexity index is 644. The Morgan fingerprint density at radius 1 is 0.440 bits per heavy atom. The van der Waals surface area contributed by atoms with Crippen LogP contribution in [-0.4, -0.2) is 8.80 Å². The van der Waals surface area contributed by atoms with Crippen molar-refractivity contribution >= 4 is 8.80 Å². The first-order valence-electron chi connectivity index (χ1n) is 9.20. The topological polar surface area (TPSA) is 0 Å². The maximum absolute atomic E-state index is 2.43. The Morgan fingerprint density at radius 3 is 0.920 bits per heavy atom. The summed E-state index contributed by atoms with van der Waals surface area (Å²) in [7, 11) is -0.735. The summed E-state index contributed by atoms with van der Waals surface area (Å²) in [6.07, 6.45) is 0. The van der Waals surface area contributed by atoms with E-state index < -0.39 is 8.80 Å². The van der Waals surface area contributed by atoms with Crippen molar-refractivity contribution in [1.29, 1.82) is 0 Å². The molecule has 0 N–H and O–H groups in total. The molecule has 3 unspecified atom stereocenters. The van der Waals surface area contributed by atoms with Crippen LogP contribution < -0.4 is 0 Å². The SMILES string of the molecule is CC(c1ccccc1)[Si](C(C)c1ccccc1)C(C)c1ccccc1. The smallest absolute Gasteiger partial charge is 0.0622 e. The first-order valence-corrected chi connectivity index (χ1v) is 10.9. The average Bonchev–Trinajstić information content (AvgIpc) is 2.70. The van der Waals surface area contributed by atoms with Crippen LogP contribution in [0.25, 0.3) is 0 Å². The lowest BCUT2D eigenvalue weighted by Crippen LogP contribution is -2.34. The van der Waals surface area contributed by atoms with Crippen molar-refractivity contribution in [3.05, 3.63) is 108 Å². The molecule has 1 radical (unpaired) electrons. The highest BCUT2D eigenvalue weighted by atomic mass is 28.3. The van der Waals surface area contributed by atoms with Gasteiger partial charge in [0.05, 0.1) is 8.80 Å². The van der Waals surface area contributed by atoms with Gasteiger partial charge >= 0.3 is 0 Å². The fourth-order valence-electron chi connectivity index (χ4n) is 3.93. The minimum absolute atomic E-state index is 0.594. The second-order valence-corrected chi connectivity index (χ2v) is 10.5. The van der Waals surface area contributed by atoms with Crippen LogP contribution in [0, 0.1) is 0 Å². The number of rotatable bonds is 6. The molecule has 3 aromatic rings. The standard InChI is InChI=1S/C24H27Si/c1-19(22-13-7-4-8-14-22)25(20(2)23-15-9-5-10-16-23)21(3)24-17-11-6-12-18-24/h4-21H,1-3H3. The van der Waals surface area contributed by atoms with E-state index in [1.54, 1.807) is 0 Å². The third-order valence-corrected chi connectivity index (χ3v) is 9.40. The predicted molar refractivity (Wildman–Crippen MR) is 110 cm³/mol. The first kappa shape index (κ1) is 17.7. The monoisotopic (exact) mass is 343 g/mol. The molecule has 0 spiro atoms. The molecule has 0 saturated heterocycles. The van der Waals surface area contributed by atoms with Crippen molar-refractivity contribution in [2.75, 3.05) is 0 Å². The summed E-state index contributed by atoms with van der Waals surface area (Å²) in [5.41, 5.74) is 6.20. The average molecular weight is 344 g/mol. The zero-order valence-corrected chi connectivity index (χ0v) is 16.4. The summed E-state index contributed by atoms with van der Waals surface area (Å²) in [5.74, 6) is 0. The summed E-state index contributed by atoms with van der Waals surface area (Å²) in [6.45, 7) is 7.30. The van der Waals surface area contributed by atoms with E-state index in [2.05, 4.69) is 112 Å². The Labute approximate surface area is 154 Å². The van der Waals surface area contributed by atoms with Crippen molar-refractivity contribution in [2.45, 2.75) is 37.4 Å². The normalized spacial score (nSPS) is 14.9. The van der Waals surface area contributed by atoms with Crippen LogP contribution in [-0.2, 0) is 0 Å². The molecular formula is C24H27Si. The van der Waals surface area contributed by atoms with Gasteiger partial charge in [-0.2, -0.15) is 0 Å². The zero-order valence-electron chi connectivity index (χ0n) is 15.4. The van der Waals surface area contributed by atoms with Crippen molar-refractivity contribution < 1.29 is 0 Å². The van der Waals surface area contributed by atoms with Crippen LogP contribution in [0.15, 0.2) is 91.0 Å². The van der Waals surface area contributed by atoms with E-state index in [1.807, 2.05) is 0 Å². The van der Waals surface area contributed by atoms with Gasteiger partial charge in [-0.1, -0.05) is 112 Å². The number of hydrogen-bond donors (Lipinski definition) is 0. The Hall–Kier alpha value is -2.12. The highest BCUT2D eigenvalue weighted by Crippen LogP contribution is 2.37. The van der Waals surface area contributed by atoms with Gasteiger partial charge in [0.2, 0.25) is 0 Å². The van der Waals surface area contributed by atoms with E-state index in [1.165, 1.54) is 16.7 Å². The minimum Gasteiger partial charge on any atom is -0.0622 e. The molecule has 0 heterocycles. The van der Waals surface area contributed by atoms with Crippen LogP contribution in [0.1, 0.15) is 54.1 Å².